The van der Waals surface area contributed by atoms with Crippen LogP contribution in [0.2, 0.25) is 0 Å². The maximum absolute atomic E-state index is 8.91. The van der Waals surface area contributed by atoms with E-state index in [4.69, 9.17) is 5.26 Å². The van der Waals surface area contributed by atoms with E-state index in [1.807, 2.05) is 0 Å². The van der Waals surface area contributed by atoms with Crippen LogP contribution in [-0.4, -0.2) is 13.1 Å². The van der Waals surface area contributed by atoms with Gasteiger partial charge >= 0.3 is 0 Å². The molecule has 2 nitrogen and oxygen atoms in total. The second-order valence-corrected chi connectivity index (χ2v) is 4.26. The van der Waals surface area contributed by atoms with Crippen LogP contribution in [0.25, 0.3) is 0 Å². The van der Waals surface area contributed by atoms with Gasteiger partial charge in [0, 0.05) is 0 Å². The van der Waals surface area contributed by atoms with Crippen LogP contribution in [-0.2, 0) is 0 Å². The zero-order valence-corrected chi connectivity index (χ0v) is 8.16. The Kier molecular flexibility index (Phi) is 2.65. The highest BCUT2D eigenvalue weighted by atomic mass is 35.5. The van der Waals surface area contributed by atoms with Crippen LogP contribution in [0, 0.1) is 28.6 Å². The van der Waals surface area contributed by atoms with E-state index in [-0.39, 0.29) is 17.8 Å². The quantitative estimate of drug-likeness (QED) is 0.624. The van der Waals surface area contributed by atoms with Gasteiger partial charge in [0.15, 0.2) is 0 Å². The molecule has 0 radical (unpaired) electrons. The zero-order valence-electron chi connectivity index (χ0n) is 7.34. The lowest BCUT2D eigenvalue weighted by Gasteiger charge is -2.13. The number of fused-ring (bicyclic) bond motifs is 1. The van der Waals surface area contributed by atoms with Crippen molar-refractivity contribution in [2.45, 2.75) is 19.8 Å². The third-order valence-electron chi connectivity index (χ3n) is 3.18. The Hall–Kier alpha value is -0.260. The molecule has 68 valence electrons. The fourth-order valence-electron chi connectivity index (χ4n) is 2.60. The van der Waals surface area contributed by atoms with Crippen LogP contribution in [0.3, 0.4) is 0 Å². The summed E-state index contributed by atoms with van der Waals surface area (Å²) in [6.45, 7) is 4.38. The van der Waals surface area contributed by atoms with Gasteiger partial charge in [0.25, 0.3) is 0 Å². The molecule has 0 aromatic rings. The minimum Gasteiger partial charge on any atom is -0.316 e. The van der Waals surface area contributed by atoms with Gasteiger partial charge in [-0.1, -0.05) is 0 Å². The summed E-state index contributed by atoms with van der Waals surface area (Å²) in [6, 6.07) is 2.44. The SMILES string of the molecule is CC1(C#N)C[C@H]2CNC[C@H]2C1.Cl. The molecule has 3 heteroatoms. The molecule has 1 saturated heterocycles. The highest BCUT2D eigenvalue weighted by Gasteiger charge is 2.44. The Morgan fingerprint density at radius 1 is 1.33 bits per heavy atom. The van der Waals surface area contributed by atoms with Gasteiger partial charge in [-0.2, -0.15) is 5.26 Å². The number of nitrogens with one attached hydrogen (secondary N) is 1. The van der Waals surface area contributed by atoms with Gasteiger partial charge in [-0.05, 0) is 44.7 Å². The van der Waals surface area contributed by atoms with E-state index in [9.17, 15) is 0 Å². The Bertz CT molecular complexity index is 197. The number of nitriles is 1. The van der Waals surface area contributed by atoms with E-state index in [1.54, 1.807) is 0 Å². The number of hydrogen-bond donors (Lipinski definition) is 1. The van der Waals surface area contributed by atoms with E-state index in [1.165, 1.54) is 0 Å². The van der Waals surface area contributed by atoms with Crippen molar-refractivity contribution in [1.29, 1.82) is 5.26 Å². The fraction of sp³-hybridized carbons (Fsp3) is 0.889. The van der Waals surface area contributed by atoms with Crippen molar-refractivity contribution in [2.24, 2.45) is 17.3 Å². The Morgan fingerprint density at radius 3 is 2.25 bits per heavy atom. The van der Waals surface area contributed by atoms with Crippen molar-refractivity contribution in [3.63, 3.8) is 0 Å². The molecule has 2 aliphatic rings. The molecule has 1 aliphatic carbocycles. The van der Waals surface area contributed by atoms with Crippen molar-refractivity contribution >= 4 is 12.4 Å². The first-order valence-corrected chi connectivity index (χ1v) is 4.35. The second-order valence-electron chi connectivity index (χ2n) is 4.26. The van der Waals surface area contributed by atoms with Crippen molar-refractivity contribution in [2.75, 3.05) is 13.1 Å². The predicted molar refractivity (Wildman–Crippen MR) is 50.1 cm³/mol. The van der Waals surface area contributed by atoms with Crippen LogP contribution >= 0.6 is 12.4 Å². The lowest BCUT2D eigenvalue weighted by atomic mass is 9.89. The average Bonchev–Trinajstić information content (AvgIpc) is 2.46. The first-order chi connectivity index (χ1) is 5.23. The summed E-state index contributed by atoms with van der Waals surface area (Å²) in [4.78, 5) is 0. The van der Waals surface area contributed by atoms with E-state index in [2.05, 4.69) is 18.3 Å². The van der Waals surface area contributed by atoms with Gasteiger partial charge in [0.2, 0.25) is 0 Å². The number of hydrogen-bond acceptors (Lipinski definition) is 2. The van der Waals surface area contributed by atoms with Gasteiger partial charge in [-0.25, -0.2) is 0 Å². The Labute approximate surface area is 79.7 Å². The van der Waals surface area contributed by atoms with Crippen LogP contribution in [0.5, 0.6) is 0 Å². The van der Waals surface area contributed by atoms with E-state index in [0.29, 0.717) is 0 Å². The van der Waals surface area contributed by atoms with Gasteiger partial charge < -0.3 is 5.32 Å². The minimum absolute atomic E-state index is 0. The molecule has 0 amide bonds. The molecule has 0 bridgehead atoms. The minimum atomic E-state index is -0.00255. The summed E-state index contributed by atoms with van der Waals surface area (Å²) in [5.74, 6) is 1.58. The summed E-state index contributed by atoms with van der Waals surface area (Å²) >= 11 is 0. The van der Waals surface area contributed by atoms with Gasteiger partial charge in [0.05, 0.1) is 11.5 Å². The lowest BCUT2D eigenvalue weighted by Crippen LogP contribution is -2.16. The fourth-order valence-corrected chi connectivity index (χ4v) is 2.60. The van der Waals surface area contributed by atoms with Crippen LogP contribution in [0.4, 0.5) is 0 Å². The van der Waals surface area contributed by atoms with E-state index >= 15 is 0 Å². The average molecular weight is 187 g/mol. The van der Waals surface area contributed by atoms with Crippen molar-refractivity contribution in [3.8, 4) is 6.07 Å². The van der Waals surface area contributed by atoms with Crippen molar-refractivity contribution in [3.05, 3.63) is 0 Å². The summed E-state index contributed by atoms with van der Waals surface area (Å²) in [5, 5.41) is 12.3. The maximum atomic E-state index is 8.91. The zero-order chi connectivity index (χ0) is 7.90. The molecule has 2 fully saturated rings. The highest BCUT2D eigenvalue weighted by Crippen LogP contribution is 2.46. The Morgan fingerprint density at radius 2 is 1.83 bits per heavy atom. The summed E-state index contributed by atoms with van der Waals surface area (Å²) < 4.78 is 0. The largest absolute Gasteiger partial charge is 0.316 e. The molecule has 0 aromatic carbocycles. The first-order valence-electron chi connectivity index (χ1n) is 4.35. The smallest absolute Gasteiger partial charge is 0.0687 e. The molecule has 1 aliphatic heterocycles. The molecule has 2 rings (SSSR count). The molecular weight excluding hydrogens is 172 g/mol. The van der Waals surface area contributed by atoms with Crippen LogP contribution < -0.4 is 5.32 Å². The molecule has 1 unspecified atom stereocenters. The van der Waals surface area contributed by atoms with Crippen LogP contribution in [0.15, 0.2) is 0 Å². The molecular formula is C9H15ClN2. The standard InChI is InChI=1S/C9H14N2.ClH/c1-9(6-10)2-7-4-11-5-8(7)3-9;/h7-8,11H,2-5H2,1H3;1H/t7-,8+,9?;. The van der Waals surface area contributed by atoms with E-state index < -0.39 is 0 Å². The first kappa shape index (κ1) is 9.83. The lowest BCUT2D eigenvalue weighted by molar-refractivity contribution is 0.417. The van der Waals surface area contributed by atoms with Crippen LogP contribution in [0.1, 0.15) is 19.8 Å². The predicted octanol–water partition coefficient (Wildman–Crippen LogP) is 1.57. The molecule has 1 saturated carbocycles. The van der Waals surface area contributed by atoms with Gasteiger partial charge in [-0.3, -0.25) is 0 Å². The maximum Gasteiger partial charge on any atom is 0.0687 e. The van der Waals surface area contributed by atoms with Crippen molar-refractivity contribution < 1.29 is 0 Å². The monoisotopic (exact) mass is 186 g/mol. The second kappa shape index (κ2) is 3.24. The Balaban J connectivity index is 0.000000720. The third kappa shape index (κ3) is 1.44. The molecule has 1 heterocycles. The molecule has 1 N–H and O–H groups in total. The number of halogens is 1. The molecule has 12 heavy (non-hydrogen) atoms. The highest BCUT2D eigenvalue weighted by molar-refractivity contribution is 5.85. The van der Waals surface area contributed by atoms with Gasteiger partial charge in [0.1, 0.15) is 0 Å². The summed E-state index contributed by atoms with van der Waals surface area (Å²) in [7, 11) is 0. The number of rotatable bonds is 0. The third-order valence-corrected chi connectivity index (χ3v) is 3.18. The topological polar surface area (TPSA) is 35.8 Å². The van der Waals surface area contributed by atoms with E-state index in [0.717, 1.165) is 37.8 Å². The molecule has 0 spiro atoms. The summed E-state index contributed by atoms with van der Waals surface area (Å²) in [5.41, 5.74) is -0.00255. The molecule has 0 aromatic heterocycles. The summed E-state index contributed by atoms with van der Waals surface area (Å²) in [6.07, 6.45) is 2.22. The normalized spacial score (nSPS) is 44.7. The van der Waals surface area contributed by atoms with Gasteiger partial charge in [-0.15, -0.1) is 12.4 Å². The van der Waals surface area contributed by atoms with Crippen molar-refractivity contribution in [1.82, 2.24) is 5.32 Å². The molecule has 3 atom stereocenters. The number of nitrogens with zero attached hydrogens (tertiary/aromatic N) is 1.